The van der Waals surface area contributed by atoms with Crippen LogP contribution in [0.2, 0.25) is 5.02 Å². The lowest BCUT2D eigenvalue weighted by atomic mass is 10.2. The smallest absolute Gasteiger partial charge is 0.125 e. The predicted molar refractivity (Wildman–Crippen MR) is 77.9 cm³/mol. The van der Waals surface area contributed by atoms with Crippen LogP contribution in [0.25, 0.3) is 0 Å². The van der Waals surface area contributed by atoms with Crippen LogP contribution in [0.15, 0.2) is 42.6 Å². The number of hydrogen-bond acceptors (Lipinski definition) is 2. The second-order valence-electron chi connectivity index (χ2n) is 5.23. The molecular weight excluding hydrogens is 275 g/mol. The van der Waals surface area contributed by atoms with Crippen LogP contribution in [-0.4, -0.2) is 15.9 Å². The standard InChI is InChI=1S/C16H16ClFN2/c17-13-7-12(8-14(18)9-13)10-20(16-4-5-16)11-15-3-1-2-6-19-15/h1-3,6-9,16H,4-5,10-11H2. The van der Waals surface area contributed by atoms with Crippen LogP contribution in [0.4, 0.5) is 4.39 Å². The lowest BCUT2D eigenvalue weighted by Gasteiger charge is -2.21. The van der Waals surface area contributed by atoms with Crippen molar-refractivity contribution in [3.05, 3.63) is 64.7 Å². The first-order valence-electron chi connectivity index (χ1n) is 6.79. The number of rotatable bonds is 5. The van der Waals surface area contributed by atoms with Gasteiger partial charge in [0.05, 0.1) is 5.69 Å². The van der Waals surface area contributed by atoms with Crippen molar-refractivity contribution >= 4 is 11.6 Å². The van der Waals surface area contributed by atoms with Crippen LogP contribution in [0.5, 0.6) is 0 Å². The molecule has 1 aliphatic rings. The Morgan fingerprint density at radius 1 is 1.20 bits per heavy atom. The molecular formula is C16H16ClFN2. The summed E-state index contributed by atoms with van der Waals surface area (Å²) in [6.07, 6.45) is 4.21. The molecule has 1 aromatic carbocycles. The highest BCUT2D eigenvalue weighted by molar-refractivity contribution is 6.30. The Hall–Kier alpha value is -1.45. The first-order valence-corrected chi connectivity index (χ1v) is 7.17. The van der Waals surface area contributed by atoms with E-state index in [-0.39, 0.29) is 5.82 Å². The highest BCUT2D eigenvalue weighted by Crippen LogP contribution is 2.30. The van der Waals surface area contributed by atoms with Crippen molar-refractivity contribution in [3.63, 3.8) is 0 Å². The maximum Gasteiger partial charge on any atom is 0.125 e. The maximum absolute atomic E-state index is 13.4. The fraction of sp³-hybridized carbons (Fsp3) is 0.312. The highest BCUT2D eigenvalue weighted by Gasteiger charge is 2.29. The fourth-order valence-corrected chi connectivity index (χ4v) is 2.63. The molecule has 1 heterocycles. The van der Waals surface area contributed by atoms with Gasteiger partial charge in [-0.1, -0.05) is 17.7 Å². The molecule has 0 radical (unpaired) electrons. The van der Waals surface area contributed by atoms with Gasteiger partial charge in [0.2, 0.25) is 0 Å². The van der Waals surface area contributed by atoms with Crippen molar-refractivity contribution in [3.8, 4) is 0 Å². The van der Waals surface area contributed by atoms with Gasteiger partial charge in [-0.05, 0) is 48.7 Å². The zero-order valence-electron chi connectivity index (χ0n) is 11.1. The molecule has 0 spiro atoms. The average molecular weight is 291 g/mol. The Bertz CT molecular complexity index is 564. The third-order valence-electron chi connectivity index (χ3n) is 3.46. The normalized spacial score (nSPS) is 14.8. The molecule has 1 aliphatic carbocycles. The zero-order chi connectivity index (χ0) is 13.9. The van der Waals surface area contributed by atoms with E-state index in [0.717, 1.165) is 17.8 Å². The van der Waals surface area contributed by atoms with E-state index >= 15 is 0 Å². The lowest BCUT2D eigenvalue weighted by Crippen LogP contribution is -2.25. The zero-order valence-corrected chi connectivity index (χ0v) is 11.9. The molecule has 2 aromatic rings. The van der Waals surface area contributed by atoms with E-state index in [0.29, 0.717) is 17.6 Å². The summed E-state index contributed by atoms with van der Waals surface area (Å²) in [5.74, 6) is -0.277. The Kier molecular flexibility index (Phi) is 3.99. The Labute approximate surface area is 123 Å². The Morgan fingerprint density at radius 2 is 2.05 bits per heavy atom. The summed E-state index contributed by atoms with van der Waals surface area (Å²) in [6.45, 7) is 1.50. The van der Waals surface area contributed by atoms with Crippen LogP contribution in [-0.2, 0) is 13.1 Å². The Morgan fingerprint density at radius 3 is 2.70 bits per heavy atom. The molecule has 0 atom stereocenters. The molecule has 1 saturated carbocycles. The van der Waals surface area contributed by atoms with Crippen molar-refractivity contribution in [1.82, 2.24) is 9.88 Å². The van der Waals surface area contributed by atoms with Gasteiger partial charge in [-0.2, -0.15) is 0 Å². The van der Waals surface area contributed by atoms with Gasteiger partial charge in [0.15, 0.2) is 0 Å². The lowest BCUT2D eigenvalue weighted by molar-refractivity contribution is 0.242. The topological polar surface area (TPSA) is 16.1 Å². The van der Waals surface area contributed by atoms with E-state index in [1.54, 1.807) is 12.3 Å². The van der Waals surface area contributed by atoms with Gasteiger partial charge in [-0.3, -0.25) is 9.88 Å². The van der Waals surface area contributed by atoms with Gasteiger partial charge < -0.3 is 0 Å². The van der Waals surface area contributed by atoms with Gasteiger partial charge in [-0.15, -0.1) is 0 Å². The van der Waals surface area contributed by atoms with Crippen molar-refractivity contribution < 1.29 is 4.39 Å². The summed E-state index contributed by atoms with van der Waals surface area (Å²) >= 11 is 5.92. The molecule has 0 aliphatic heterocycles. The summed E-state index contributed by atoms with van der Waals surface area (Å²) in [6, 6.07) is 11.2. The first-order chi connectivity index (χ1) is 9.70. The van der Waals surface area contributed by atoms with Crippen LogP contribution in [0.3, 0.4) is 0 Å². The molecule has 1 aromatic heterocycles. The van der Waals surface area contributed by atoms with Crippen LogP contribution >= 0.6 is 11.6 Å². The summed E-state index contributed by atoms with van der Waals surface area (Å²) < 4.78 is 13.4. The summed E-state index contributed by atoms with van der Waals surface area (Å²) in [5, 5.41) is 0.452. The molecule has 0 N–H and O–H groups in total. The third-order valence-corrected chi connectivity index (χ3v) is 3.68. The number of benzene rings is 1. The molecule has 0 amide bonds. The minimum atomic E-state index is -0.277. The second-order valence-corrected chi connectivity index (χ2v) is 5.67. The van der Waals surface area contributed by atoms with Crippen molar-refractivity contribution in [2.45, 2.75) is 32.0 Å². The molecule has 3 rings (SSSR count). The summed E-state index contributed by atoms with van der Waals surface area (Å²) in [4.78, 5) is 6.70. The van der Waals surface area contributed by atoms with E-state index in [2.05, 4.69) is 9.88 Å². The summed E-state index contributed by atoms with van der Waals surface area (Å²) in [5.41, 5.74) is 1.96. The summed E-state index contributed by atoms with van der Waals surface area (Å²) in [7, 11) is 0. The molecule has 0 bridgehead atoms. The molecule has 104 valence electrons. The molecule has 0 unspecified atom stereocenters. The average Bonchev–Trinajstić information content (AvgIpc) is 3.22. The Balaban J connectivity index is 1.74. The molecule has 2 nitrogen and oxygen atoms in total. The number of aromatic nitrogens is 1. The maximum atomic E-state index is 13.4. The van der Waals surface area contributed by atoms with E-state index < -0.39 is 0 Å². The minimum absolute atomic E-state index is 0.277. The van der Waals surface area contributed by atoms with Gasteiger partial charge in [-0.25, -0.2) is 4.39 Å². The van der Waals surface area contributed by atoms with E-state index in [1.165, 1.54) is 18.9 Å². The van der Waals surface area contributed by atoms with Crippen molar-refractivity contribution in [1.29, 1.82) is 0 Å². The molecule has 4 heteroatoms. The van der Waals surface area contributed by atoms with Crippen LogP contribution in [0, 0.1) is 5.82 Å². The fourth-order valence-electron chi connectivity index (χ4n) is 2.39. The SMILES string of the molecule is Fc1cc(Cl)cc(CN(Cc2ccccn2)C2CC2)c1. The molecule has 1 fully saturated rings. The predicted octanol–water partition coefficient (Wildman–Crippen LogP) is 4.04. The number of nitrogens with zero attached hydrogens (tertiary/aromatic N) is 2. The first kappa shape index (κ1) is 13.5. The monoisotopic (exact) mass is 290 g/mol. The van der Waals surface area contributed by atoms with Gasteiger partial charge in [0.1, 0.15) is 5.82 Å². The minimum Gasteiger partial charge on any atom is -0.290 e. The van der Waals surface area contributed by atoms with Crippen molar-refractivity contribution in [2.75, 3.05) is 0 Å². The largest absolute Gasteiger partial charge is 0.290 e. The number of pyridine rings is 1. The highest BCUT2D eigenvalue weighted by atomic mass is 35.5. The van der Waals surface area contributed by atoms with Crippen molar-refractivity contribution in [2.24, 2.45) is 0 Å². The molecule has 0 saturated heterocycles. The van der Waals surface area contributed by atoms with Crippen LogP contribution < -0.4 is 0 Å². The third kappa shape index (κ3) is 3.56. The number of hydrogen-bond donors (Lipinski definition) is 0. The quantitative estimate of drug-likeness (QED) is 0.826. The van der Waals surface area contributed by atoms with Gasteiger partial charge >= 0.3 is 0 Å². The number of halogens is 2. The van der Waals surface area contributed by atoms with E-state index in [1.807, 2.05) is 24.3 Å². The van der Waals surface area contributed by atoms with Gasteiger partial charge in [0, 0.05) is 30.4 Å². The van der Waals surface area contributed by atoms with E-state index in [4.69, 9.17) is 11.6 Å². The van der Waals surface area contributed by atoms with Gasteiger partial charge in [0.25, 0.3) is 0 Å². The second kappa shape index (κ2) is 5.90. The van der Waals surface area contributed by atoms with Crippen LogP contribution in [0.1, 0.15) is 24.1 Å². The molecule has 20 heavy (non-hydrogen) atoms. The van der Waals surface area contributed by atoms with E-state index in [9.17, 15) is 4.39 Å².